The van der Waals surface area contributed by atoms with Crippen molar-refractivity contribution in [2.24, 2.45) is 21.8 Å². The molecule has 138 valence electrons. The van der Waals surface area contributed by atoms with Crippen LogP contribution in [0.2, 0.25) is 0 Å². The van der Waals surface area contributed by atoms with Gasteiger partial charge in [0.1, 0.15) is 0 Å². The SMILES string of the molecule is CON=C(N)c1ccc(-c2ccc(-c3ccc(C(N)=NOC)cc3)[se]2)cc1. The van der Waals surface area contributed by atoms with Crippen LogP contribution in [0.1, 0.15) is 11.1 Å². The first-order chi connectivity index (χ1) is 13.1. The summed E-state index contributed by atoms with van der Waals surface area (Å²) in [6, 6.07) is 20.4. The molecule has 6 nitrogen and oxygen atoms in total. The number of rotatable bonds is 6. The molecule has 7 heteroatoms. The van der Waals surface area contributed by atoms with Gasteiger partial charge in [-0.25, -0.2) is 0 Å². The van der Waals surface area contributed by atoms with E-state index in [0.29, 0.717) is 11.7 Å². The summed E-state index contributed by atoms with van der Waals surface area (Å²) >= 11 is 0.224. The van der Waals surface area contributed by atoms with Gasteiger partial charge in [0.2, 0.25) is 0 Å². The van der Waals surface area contributed by atoms with Crippen LogP contribution in [0.3, 0.4) is 0 Å². The van der Waals surface area contributed by atoms with Crippen molar-refractivity contribution >= 4 is 26.2 Å². The first-order valence-corrected chi connectivity index (χ1v) is 9.88. The third-order valence-electron chi connectivity index (χ3n) is 3.92. The molecule has 1 aromatic heterocycles. The van der Waals surface area contributed by atoms with E-state index in [-0.39, 0.29) is 14.5 Å². The van der Waals surface area contributed by atoms with E-state index >= 15 is 0 Å². The predicted molar refractivity (Wildman–Crippen MR) is 110 cm³/mol. The number of hydrogen-bond acceptors (Lipinski definition) is 4. The summed E-state index contributed by atoms with van der Waals surface area (Å²) < 4.78 is 2.63. The Morgan fingerprint density at radius 2 is 1.04 bits per heavy atom. The summed E-state index contributed by atoms with van der Waals surface area (Å²) in [5, 5.41) is 7.51. The third kappa shape index (κ3) is 4.39. The molecule has 0 saturated heterocycles. The molecule has 0 saturated carbocycles. The molecule has 27 heavy (non-hydrogen) atoms. The molecule has 0 atom stereocenters. The Bertz CT molecular complexity index is 882. The van der Waals surface area contributed by atoms with Crippen molar-refractivity contribution < 1.29 is 9.68 Å². The van der Waals surface area contributed by atoms with Gasteiger partial charge in [-0.05, 0) is 0 Å². The standard InChI is InChI=1S/C20H20N4O2Se/c1-25-23-19(21)15-7-3-13(4-8-15)17-11-12-18(27-17)14-5-9-16(10-6-14)20(22)24-26-2/h3-12H,1-2H3,(H2,21,23)(H2,22,24). The number of nitrogens with zero attached hydrogens (tertiary/aromatic N) is 2. The molecule has 0 aliphatic heterocycles. The van der Waals surface area contributed by atoms with Crippen molar-refractivity contribution in [2.45, 2.75) is 0 Å². The maximum atomic E-state index is 5.84. The van der Waals surface area contributed by atoms with E-state index in [1.807, 2.05) is 24.3 Å². The summed E-state index contributed by atoms with van der Waals surface area (Å²) in [6.07, 6.45) is 0. The maximum absolute atomic E-state index is 5.84. The second-order valence-corrected chi connectivity index (χ2v) is 7.91. The van der Waals surface area contributed by atoms with Crippen LogP contribution in [0.25, 0.3) is 20.0 Å². The molecule has 0 bridgehead atoms. The predicted octanol–water partition coefficient (Wildman–Crippen LogP) is 2.61. The molecule has 0 aliphatic carbocycles. The molecule has 3 rings (SSSR count). The van der Waals surface area contributed by atoms with Crippen molar-refractivity contribution in [1.82, 2.24) is 0 Å². The van der Waals surface area contributed by atoms with Gasteiger partial charge in [0.15, 0.2) is 0 Å². The molecule has 2 aromatic carbocycles. The molecule has 0 radical (unpaired) electrons. The van der Waals surface area contributed by atoms with Crippen LogP contribution in [-0.4, -0.2) is 40.4 Å². The molecular formula is C20H20N4O2Se. The average Bonchev–Trinajstić information content (AvgIpc) is 3.19. The number of benzene rings is 2. The zero-order valence-corrected chi connectivity index (χ0v) is 16.8. The van der Waals surface area contributed by atoms with Crippen molar-refractivity contribution in [3.63, 3.8) is 0 Å². The normalized spacial score (nSPS) is 12.1. The second kappa shape index (κ2) is 8.58. The van der Waals surface area contributed by atoms with Crippen molar-refractivity contribution in [3.8, 4) is 20.0 Å². The topological polar surface area (TPSA) is 95.2 Å². The fourth-order valence-electron chi connectivity index (χ4n) is 2.56. The third-order valence-corrected chi connectivity index (χ3v) is 6.40. The molecule has 0 aliphatic rings. The second-order valence-electron chi connectivity index (χ2n) is 5.64. The van der Waals surface area contributed by atoms with Gasteiger partial charge in [-0.3, -0.25) is 0 Å². The summed E-state index contributed by atoms with van der Waals surface area (Å²) in [6.45, 7) is 0. The van der Waals surface area contributed by atoms with Crippen molar-refractivity contribution in [3.05, 3.63) is 71.8 Å². The fourth-order valence-corrected chi connectivity index (χ4v) is 4.69. The summed E-state index contributed by atoms with van der Waals surface area (Å²) in [5.74, 6) is 0.732. The number of nitrogens with two attached hydrogens (primary N) is 2. The van der Waals surface area contributed by atoms with Crippen LogP contribution in [0.15, 0.2) is 71.0 Å². The van der Waals surface area contributed by atoms with Crippen LogP contribution in [0.5, 0.6) is 0 Å². The minimum absolute atomic E-state index is 0.224. The van der Waals surface area contributed by atoms with Gasteiger partial charge in [-0.2, -0.15) is 0 Å². The van der Waals surface area contributed by atoms with Gasteiger partial charge in [-0.1, -0.05) is 0 Å². The first-order valence-electron chi connectivity index (χ1n) is 8.17. The Labute approximate surface area is 163 Å². The van der Waals surface area contributed by atoms with E-state index in [1.165, 1.54) is 34.2 Å². The molecule has 3 aromatic rings. The van der Waals surface area contributed by atoms with E-state index in [4.69, 9.17) is 21.1 Å². The quantitative estimate of drug-likeness (QED) is 0.274. The summed E-state index contributed by atoms with van der Waals surface area (Å²) in [7, 11) is 2.96. The molecule has 0 unspecified atom stereocenters. The van der Waals surface area contributed by atoms with Gasteiger partial charge in [0, 0.05) is 0 Å². The van der Waals surface area contributed by atoms with Crippen LogP contribution in [0.4, 0.5) is 0 Å². The van der Waals surface area contributed by atoms with Crippen LogP contribution >= 0.6 is 0 Å². The van der Waals surface area contributed by atoms with Gasteiger partial charge in [-0.15, -0.1) is 0 Å². The minimum atomic E-state index is 0.224. The van der Waals surface area contributed by atoms with Gasteiger partial charge in [0.25, 0.3) is 0 Å². The summed E-state index contributed by atoms with van der Waals surface area (Å²) in [4.78, 5) is 9.42. The van der Waals surface area contributed by atoms with Gasteiger partial charge < -0.3 is 0 Å². The Morgan fingerprint density at radius 1 is 0.667 bits per heavy atom. The van der Waals surface area contributed by atoms with Gasteiger partial charge in [0.05, 0.1) is 0 Å². The molecule has 0 spiro atoms. The molecular weight excluding hydrogens is 407 g/mol. The van der Waals surface area contributed by atoms with Crippen LogP contribution in [-0.2, 0) is 9.68 Å². The van der Waals surface area contributed by atoms with E-state index in [2.05, 4.69) is 46.7 Å². The van der Waals surface area contributed by atoms with Crippen LogP contribution in [0, 0.1) is 0 Å². The Balaban J connectivity index is 1.80. The zero-order valence-electron chi connectivity index (χ0n) is 15.0. The average molecular weight is 427 g/mol. The number of hydrogen-bond donors (Lipinski definition) is 2. The molecule has 1 heterocycles. The van der Waals surface area contributed by atoms with E-state index in [0.717, 1.165) is 11.1 Å². The Hall–Kier alpha value is -3.02. The fraction of sp³-hybridized carbons (Fsp3) is 0.100. The first kappa shape index (κ1) is 18.8. The monoisotopic (exact) mass is 428 g/mol. The number of oxime groups is 2. The van der Waals surface area contributed by atoms with Crippen LogP contribution < -0.4 is 11.5 Å². The van der Waals surface area contributed by atoms with Crippen molar-refractivity contribution in [1.29, 1.82) is 0 Å². The van der Waals surface area contributed by atoms with Crippen molar-refractivity contribution in [2.75, 3.05) is 14.2 Å². The number of amidine groups is 2. The molecule has 0 amide bonds. The molecule has 4 N–H and O–H groups in total. The summed E-state index contributed by atoms with van der Waals surface area (Å²) in [5.41, 5.74) is 15.7. The van der Waals surface area contributed by atoms with E-state index in [1.54, 1.807) is 0 Å². The Morgan fingerprint density at radius 3 is 1.37 bits per heavy atom. The molecule has 0 fully saturated rings. The van der Waals surface area contributed by atoms with Gasteiger partial charge >= 0.3 is 164 Å². The van der Waals surface area contributed by atoms with E-state index in [9.17, 15) is 0 Å². The Kier molecular flexibility index (Phi) is 5.96. The zero-order chi connectivity index (χ0) is 19.2. The van der Waals surface area contributed by atoms with E-state index < -0.39 is 0 Å².